The molecule has 0 aromatic rings. The Kier molecular flexibility index (Phi) is 3.66. The maximum Gasteiger partial charge on any atom is 0.303 e. The molecule has 0 aliphatic heterocycles. The van der Waals surface area contributed by atoms with E-state index in [1.165, 1.54) is 44.9 Å². The Morgan fingerprint density at radius 3 is 2.61 bits per heavy atom. The van der Waals surface area contributed by atoms with E-state index in [2.05, 4.69) is 26.0 Å². The lowest BCUT2D eigenvalue weighted by Crippen LogP contribution is -2.52. The van der Waals surface area contributed by atoms with Crippen LogP contribution in [0.4, 0.5) is 0 Å². The minimum atomic E-state index is -0.591. The van der Waals surface area contributed by atoms with Gasteiger partial charge in [0.15, 0.2) is 0 Å². The van der Waals surface area contributed by atoms with Crippen molar-refractivity contribution < 1.29 is 9.90 Å². The first-order chi connectivity index (χ1) is 10.9. The van der Waals surface area contributed by atoms with Gasteiger partial charge in [-0.05, 0) is 91.8 Å². The third kappa shape index (κ3) is 2.23. The van der Waals surface area contributed by atoms with E-state index in [0.717, 1.165) is 30.1 Å². The fourth-order valence-corrected chi connectivity index (χ4v) is 7.48. The Morgan fingerprint density at radius 1 is 1.04 bits per heavy atom. The molecule has 0 aromatic carbocycles. The number of carboxylic acid groups (broad SMARTS) is 1. The molecule has 0 aromatic heterocycles. The quantitative estimate of drug-likeness (QED) is 0.703. The normalized spacial score (nSPS) is 51.7. The summed E-state index contributed by atoms with van der Waals surface area (Å²) in [5.41, 5.74) is 0.817. The van der Waals surface area contributed by atoms with Crippen molar-refractivity contribution in [2.75, 3.05) is 0 Å². The van der Waals surface area contributed by atoms with Gasteiger partial charge < -0.3 is 5.11 Å². The highest BCUT2D eigenvalue weighted by Crippen LogP contribution is 2.67. The van der Waals surface area contributed by atoms with Crippen LogP contribution in [0.1, 0.15) is 71.6 Å². The summed E-state index contributed by atoms with van der Waals surface area (Å²) in [6, 6.07) is 0. The van der Waals surface area contributed by atoms with Crippen molar-refractivity contribution in [1.82, 2.24) is 0 Å². The maximum absolute atomic E-state index is 11.3. The zero-order valence-corrected chi connectivity index (χ0v) is 14.8. The molecule has 128 valence electrons. The number of carbonyl (C=O) groups is 1. The highest BCUT2D eigenvalue weighted by atomic mass is 16.4. The van der Waals surface area contributed by atoms with E-state index < -0.39 is 5.97 Å². The predicted molar refractivity (Wildman–Crippen MR) is 92.0 cm³/mol. The highest BCUT2D eigenvalue weighted by Gasteiger charge is 2.59. The van der Waals surface area contributed by atoms with Crippen LogP contribution < -0.4 is 0 Å². The van der Waals surface area contributed by atoms with Crippen molar-refractivity contribution in [3.05, 3.63) is 12.2 Å². The van der Waals surface area contributed by atoms with Gasteiger partial charge in [-0.15, -0.1) is 0 Å². The molecule has 0 heterocycles. The summed E-state index contributed by atoms with van der Waals surface area (Å²) >= 11 is 0. The Morgan fingerprint density at radius 2 is 1.83 bits per heavy atom. The monoisotopic (exact) mass is 316 g/mol. The standard InChI is InChI=1S/C21H32O2/c1-20-11-4-3-5-14(20)6-8-16-17-9-7-15(13-19(22)23)21(17,2)12-10-18(16)20/h3,5,14-18H,4,6-13H2,1-2H3,(H,22,23)/t14-,15+,16-,17-,18-,20-,21+/m0/s1. The van der Waals surface area contributed by atoms with Gasteiger partial charge in [0.25, 0.3) is 0 Å². The summed E-state index contributed by atoms with van der Waals surface area (Å²) in [7, 11) is 0. The number of allylic oxidation sites excluding steroid dienone is 2. The van der Waals surface area contributed by atoms with Crippen molar-refractivity contribution in [3.8, 4) is 0 Å². The zero-order valence-electron chi connectivity index (χ0n) is 14.8. The van der Waals surface area contributed by atoms with Crippen LogP contribution in [0.2, 0.25) is 0 Å². The van der Waals surface area contributed by atoms with E-state index >= 15 is 0 Å². The number of fused-ring (bicyclic) bond motifs is 5. The molecule has 4 rings (SSSR count). The van der Waals surface area contributed by atoms with Crippen LogP contribution in [0.15, 0.2) is 12.2 Å². The van der Waals surface area contributed by atoms with Crippen molar-refractivity contribution in [1.29, 1.82) is 0 Å². The van der Waals surface area contributed by atoms with E-state index in [9.17, 15) is 9.90 Å². The van der Waals surface area contributed by atoms with Crippen LogP contribution in [0, 0.1) is 40.4 Å². The first kappa shape index (κ1) is 15.7. The SMILES string of the molecule is C[C@]12CCC=C[C@H]1CC[C@@H]1[C@@H]2CC[C@]2(C)[C@@H](CC(=O)O)CC[C@@H]12. The third-order valence-corrected chi connectivity index (χ3v) is 8.78. The molecule has 3 saturated carbocycles. The molecule has 4 aliphatic rings. The minimum Gasteiger partial charge on any atom is -0.481 e. The summed E-state index contributed by atoms with van der Waals surface area (Å²) in [5.74, 6) is 3.16. The third-order valence-electron chi connectivity index (χ3n) is 8.78. The molecule has 0 saturated heterocycles. The molecule has 0 radical (unpaired) electrons. The summed E-state index contributed by atoms with van der Waals surface area (Å²) < 4.78 is 0. The van der Waals surface area contributed by atoms with Crippen LogP contribution in [0.5, 0.6) is 0 Å². The van der Waals surface area contributed by atoms with Crippen molar-refractivity contribution in [2.24, 2.45) is 40.4 Å². The first-order valence-electron chi connectivity index (χ1n) is 9.83. The largest absolute Gasteiger partial charge is 0.481 e. The predicted octanol–water partition coefficient (Wildman–Crippen LogP) is 5.29. The Labute approximate surface area is 140 Å². The Balaban J connectivity index is 1.60. The molecule has 0 unspecified atom stereocenters. The Hall–Kier alpha value is -0.790. The molecule has 7 atom stereocenters. The molecule has 2 nitrogen and oxygen atoms in total. The van der Waals surface area contributed by atoms with Crippen LogP contribution in [0.25, 0.3) is 0 Å². The van der Waals surface area contributed by atoms with Gasteiger partial charge in [0, 0.05) is 6.42 Å². The molecular weight excluding hydrogens is 284 g/mol. The lowest BCUT2D eigenvalue weighted by atomic mass is 9.45. The molecule has 0 spiro atoms. The first-order valence-corrected chi connectivity index (χ1v) is 9.83. The molecule has 3 fully saturated rings. The summed E-state index contributed by atoms with van der Waals surface area (Å²) in [5, 5.41) is 9.30. The van der Waals surface area contributed by atoms with Gasteiger partial charge in [0.1, 0.15) is 0 Å². The van der Waals surface area contributed by atoms with E-state index in [1.54, 1.807) is 0 Å². The highest BCUT2D eigenvalue weighted by molar-refractivity contribution is 5.67. The topological polar surface area (TPSA) is 37.3 Å². The summed E-state index contributed by atoms with van der Waals surface area (Å²) in [6.07, 6.45) is 15.8. The second-order valence-electron chi connectivity index (χ2n) is 9.45. The van der Waals surface area contributed by atoms with E-state index in [4.69, 9.17) is 0 Å². The second-order valence-corrected chi connectivity index (χ2v) is 9.45. The minimum absolute atomic E-state index is 0.299. The van der Waals surface area contributed by atoms with E-state index in [-0.39, 0.29) is 0 Å². The zero-order chi connectivity index (χ0) is 16.2. The molecule has 23 heavy (non-hydrogen) atoms. The Bertz CT molecular complexity index is 524. The van der Waals surface area contributed by atoms with Crippen LogP contribution in [-0.2, 0) is 4.79 Å². The van der Waals surface area contributed by atoms with Gasteiger partial charge in [0.05, 0.1) is 0 Å². The number of hydrogen-bond acceptors (Lipinski definition) is 1. The smallest absolute Gasteiger partial charge is 0.303 e. The van der Waals surface area contributed by atoms with Crippen molar-refractivity contribution in [3.63, 3.8) is 0 Å². The van der Waals surface area contributed by atoms with Gasteiger partial charge >= 0.3 is 5.97 Å². The van der Waals surface area contributed by atoms with Crippen molar-refractivity contribution >= 4 is 5.97 Å². The average Bonchev–Trinajstić information content (AvgIpc) is 2.83. The van der Waals surface area contributed by atoms with Gasteiger partial charge in [-0.1, -0.05) is 26.0 Å². The number of aliphatic carboxylic acids is 1. The van der Waals surface area contributed by atoms with Crippen LogP contribution >= 0.6 is 0 Å². The van der Waals surface area contributed by atoms with E-state index in [1.807, 2.05) is 0 Å². The number of carboxylic acids is 1. The van der Waals surface area contributed by atoms with Gasteiger partial charge in [-0.3, -0.25) is 4.79 Å². The molecule has 0 bridgehead atoms. The van der Waals surface area contributed by atoms with Crippen molar-refractivity contribution in [2.45, 2.75) is 71.6 Å². The van der Waals surface area contributed by atoms with Gasteiger partial charge in [-0.2, -0.15) is 0 Å². The lowest BCUT2D eigenvalue weighted by Gasteiger charge is -2.59. The summed E-state index contributed by atoms with van der Waals surface area (Å²) in [6.45, 7) is 5.01. The number of hydrogen-bond donors (Lipinski definition) is 1. The van der Waals surface area contributed by atoms with E-state index in [0.29, 0.717) is 23.2 Å². The maximum atomic E-state index is 11.3. The fourth-order valence-electron chi connectivity index (χ4n) is 7.48. The molecular formula is C21H32O2. The molecule has 0 amide bonds. The second kappa shape index (κ2) is 5.36. The molecule has 4 aliphatic carbocycles. The fraction of sp³-hybridized carbons (Fsp3) is 0.857. The lowest BCUT2D eigenvalue weighted by molar-refractivity contribution is -0.140. The summed E-state index contributed by atoms with van der Waals surface area (Å²) in [4.78, 5) is 11.3. The van der Waals surface area contributed by atoms with Gasteiger partial charge in [-0.25, -0.2) is 0 Å². The average molecular weight is 316 g/mol. The van der Waals surface area contributed by atoms with Crippen LogP contribution in [-0.4, -0.2) is 11.1 Å². The molecule has 1 N–H and O–H groups in total. The van der Waals surface area contributed by atoms with Crippen LogP contribution in [0.3, 0.4) is 0 Å². The van der Waals surface area contributed by atoms with Gasteiger partial charge in [0.2, 0.25) is 0 Å². The molecule has 2 heteroatoms. The number of rotatable bonds is 2.